The molecule has 0 aliphatic rings. The molecule has 0 fully saturated rings. The molecule has 7 heteroatoms. The van der Waals surface area contributed by atoms with Gasteiger partial charge < -0.3 is 15.1 Å². The van der Waals surface area contributed by atoms with Crippen LogP contribution in [0.4, 0.5) is 4.39 Å². The molecule has 25 heavy (non-hydrogen) atoms. The first-order valence-corrected chi connectivity index (χ1v) is 9.02. The first kappa shape index (κ1) is 19.3. The predicted octanol–water partition coefficient (Wildman–Crippen LogP) is 2.86. The lowest BCUT2D eigenvalue weighted by molar-refractivity contribution is 0.392. The Labute approximate surface area is 153 Å². The number of halogens is 1. The van der Waals surface area contributed by atoms with Crippen LogP contribution in [0.3, 0.4) is 0 Å². The Morgan fingerprint density at radius 2 is 2.04 bits per heavy atom. The van der Waals surface area contributed by atoms with Gasteiger partial charge in [-0.1, -0.05) is 6.07 Å². The Balaban J connectivity index is 1.98. The number of nitrogens with zero attached hydrogens (tertiary/aromatic N) is 4. The number of benzene rings is 1. The minimum Gasteiger partial charge on any atom is -0.352 e. The van der Waals surface area contributed by atoms with Crippen molar-refractivity contribution in [3.05, 3.63) is 51.2 Å². The van der Waals surface area contributed by atoms with E-state index in [4.69, 9.17) is 0 Å². The van der Waals surface area contributed by atoms with E-state index < -0.39 is 0 Å². The zero-order chi connectivity index (χ0) is 18.4. The summed E-state index contributed by atoms with van der Waals surface area (Å²) in [5, 5.41) is 6.45. The Bertz CT molecular complexity index is 726. The third kappa shape index (κ3) is 5.79. The van der Waals surface area contributed by atoms with Crippen molar-refractivity contribution < 1.29 is 4.39 Å². The van der Waals surface area contributed by atoms with Gasteiger partial charge in [0, 0.05) is 38.1 Å². The Kier molecular flexibility index (Phi) is 6.90. The molecule has 1 aromatic heterocycles. The lowest BCUT2D eigenvalue weighted by Crippen LogP contribution is -2.38. The predicted molar refractivity (Wildman–Crippen MR) is 102 cm³/mol. The zero-order valence-corrected chi connectivity index (χ0v) is 16.3. The summed E-state index contributed by atoms with van der Waals surface area (Å²) in [5.41, 5.74) is 2.76. The van der Waals surface area contributed by atoms with E-state index in [1.165, 1.54) is 6.07 Å². The molecular formula is C18H26FN5S. The summed E-state index contributed by atoms with van der Waals surface area (Å²) in [4.78, 5) is 12.8. The first-order chi connectivity index (χ1) is 11.9. The molecular weight excluding hydrogens is 337 g/mol. The number of aliphatic imine (C=N–C) groups is 1. The number of hydrogen-bond acceptors (Lipinski definition) is 4. The third-order valence-electron chi connectivity index (χ3n) is 3.69. The standard InChI is InChI=1S/C18H26FN5S/c1-13-22-16(12-25-13)11-24(5)18(20-2)21-9-14-6-7-17(19)15(8-14)10-23(3)4/h6-8,12H,9-11H2,1-5H3,(H,20,21). The smallest absolute Gasteiger partial charge is 0.194 e. The number of guanidine groups is 1. The average Bonchev–Trinajstić information content (AvgIpc) is 2.95. The summed E-state index contributed by atoms with van der Waals surface area (Å²) < 4.78 is 13.9. The molecule has 136 valence electrons. The van der Waals surface area contributed by atoms with Crippen LogP contribution in [-0.2, 0) is 19.6 Å². The number of rotatable bonds is 6. The van der Waals surface area contributed by atoms with Gasteiger partial charge in [-0.05, 0) is 38.7 Å². The maximum Gasteiger partial charge on any atom is 0.194 e. The van der Waals surface area contributed by atoms with Gasteiger partial charge in [-0.2, -0.15) is 0 Å². The van der Waals surface area contributed by atoms with Crippen molar-refractivity contribution >= 4 is 17.3 Å². The van der Waals surface area contributed by atoms with Crippen LogP contribution < -0.4 is 5.32 Å². The van der Waals surface area contributed by atoms with Crippen LogP contribution in [0.15, 0.2) is 28.6 Å². The molecule has 0 spiro atoms. The molecule has 0 unspecified atom stereocenters. The molecule has 0 aliphatic heterocycles. The molecule has 0 saturated heterocycles. The van der Waals surface area contributed by atoms with Crippen molar-refractivity contribution in [1.82, 2.24) is 20.1 Å². The molecule has 0 amide bonds. The summed E-state index contributed by atoms with van der Waals surface area (Å²) in [6.07, 6.45) is 0. The fourth-order valence-electron chi connectivity index (χ4n) is 2.56. The van der Waals surface area contributed by atoms with E-state index in [1.807, 2.05) is 43.9 Å². The van der Waals surface area contributed by atoms with Crippen molar-refractivity contribution in [3.63, 3.8) is 0 Å². The van der Waals surface area contributed by atoms with E-state index >= 15 is 0 Å². The van der Waals surface area contributed by atoms with Crippen LogP contribution in [0.5, 0.6) is 0 Å². The molecule has 0 atom stereocenters. The molecule has 0 radical (unpaired) electrons. The number of aryl methyl sites for hydroxylation is 1. The summed E-state index contributed by atoms with van der Waals surface area (Å²) in [6.45, 7) is 3.87. The minimum absolute atomic E-state index is 0.169. The van der Waals surface area contributed by atoms with E-state index in [2.05, 4.69) is 20.7 Å². The van der Waals surface area contributed by atoms with E-state index in [9.17, 15) is 4.39 Å². The van der Waals surface area contributed by atoms with Gasteiger partial charge in [-0.3, -0.25) is 4.99 Å². The summed E-state index contributed by atoms with van der Waals surface area (Å²) in [7, 11) is 7.60. The lowest BCUT2D eigenvalue weighted by Gasteiger charge is -2.21. The van der Waals surface area contributed by atoms with Crippen molar-refractivity contribution in [1.29, 1.82) is 0 Å². The average molecular weight is 364 g/mol. The quantitative estimate of drug-likeness (QED) is 0.633. The second-order valence-corrected chi connectivity index (χ2v) is 7.34. The maximum absolute atomic E-state index is 13.9. The van der Waals surface area contributed by atoms with Gasteiger partial charge in [0.2, 0.25) is 0 Å². The highest BCUT2D eigenvalue weighted by molar-refractivity contribution is 7.09. The second-order valence-electron chi connectivity index (χ2n) is 6.28. The number of aromatic nitrogens is 1. The number of thiazole rings is 1. The van der Waals surface area contributed by atoms with Crippen molar-refractivity contribution in [3.8, 4) is 0 Å². The largest absolute Gasteiger partial charge is 0.352 e. The maximum atomic E-state index is 13.9. The van der Waals surface area contributed by atoms with E-state index in [1.54, 1.807) is 24.5 Å². The second kappa shape index (κ2) is 8.92. The highest BCUT2D eigenvalue weighted by Gasteiger charge is 2.10. The lowest BCUT2D eigenvalue weighted by atomic mass is 10.1. The number of nitrogens with one attached hydrogen (secondary N) is 1. The van der Waals surface area contributed by atoms with Gasteiger partial charge in [-0.25, -0.2) is 9.37 Å². The van der Waals surface area contributed by atoms with Gasteiger partial charge in [0.25, 0.3) is 0 Å². The molecule has 1 aromatic carbocycles. The fraction of sp³-hybridized carbons (Fsp3) is 0.444. The molecule has 0 aliphatic carbocycles. The number of hydrogen-bond donors (Lipinski definition) is 1. The van der Waals surface area contributed by atoms with Crippen LogP contribution in [0, 0.1) is 12.7 Å². The van der Waals surface area contributed by atoms with Crippen molar-refractivity contribution in [2.75, 3.05) is 28.2 Å². The Hall–Kier alpha value is -1.99. The van der Waals surface area contributed by atoms with Gasteiger partial charge in [0.15, 0.2) is 5.96 Å². The van der Waals surface area contributed by atoms with E-state index in [0.717, 1.165) is 22.2 Å². The van der Waals surface area contributed by atoms with E-state index in [0.29, 0.717) is 25.2 Å². The minimum atomic E-state index is -0.169. The molecule has 2 aromatic rings. The van der Waals surface area contributed by atoms with Gasteiger partial charge in [-0.15, -0.1) is 11.3 Å². The monoisotopic (exact) mass is 363 g/mol. The van der Waals surface area contributed by atoms with Crippen LogP contribution in [-0.4, -0.2) is 48.9 Å². The van der Waals surface area contributed by atoms with Crippen LogP contribution in [0.1, 0.15) is 21.8 Å². The molecule has 0 saturated carbocycles. The highest BCUT2D eigenvalue weighted by atomic mass is 32.1. The third-order valence-corrected chi connectivity index (χ3v) is 4.51. The molecule has 5 nitrogen and oxygen atoms in total. The van der Waals surface area contributed by atoms with Crippen LogP contribution in [0.2, 0.25) is 0 Å². The van der Waals surface area contributed by atoms with Crippen LogP contribution >= 0.6 is 11.3 Å². The topological polar surface area (TPSA) is 43.8 Å². The van der Waals surface area contributed by atoms with Gasteiger partial charge in [0.1, 0.15) is 5.82 Å². The molecule has 1 N–H and O–H groups in total. The highest BCUT2D eigenvalue weighted by Crippen LogP contribution is 2.13. The summed E-state index contributed by atoms with van der Waals surface area (Å²) in [6, 6.07) is 5.23. The summed E-state index contributed by atoms with van der Waals surface area (Å²) in [5.74, 6) is 0.613. The Morgan fingerprint density at radius 3 is 2.64 bits per heavy atom. The molecule has 1 heterocycles. The molecule has 2 rings (SSSR count). The van der Waals surface area contributed by atoms with Gasteiger partial charge >= 0.3 is 0 Å². The van der Waals surface area contributed by atoms with Crippen molar-refractivity contribution in [2.45, 2.75) is 26.6 Å². The van der Waals surface area contributed by atoms with Gasteiger partial charge in [0.05, 0.1) is 17.2 Å². The van der Waals surface area contributed by atoms with Crippen molar-refractivity contribution in [2.24, 2.45) is 4.99 Å². The SMILES string of the molecule is CN=C(NCc1ccc(F)c(CN(C)C)c1)N(C)Cc1csc(C)n1. The zero-order valence-electron chi connectivity index (χ0n) is 15.5. The summed E-state index contributed by atoms with van der Waals surface area (Å²) >= 11 is 1.65. The van der Waals surface area contributed by atoms with Crippen LogP contribution in [0.25, 0.3) is 0 Å². The first-order valence-electron chi connectivity index (χ1n) is 8.14. The fourth-order valence-corrected chi connectivity index (χ4v) is 3.17. The molecule has 0 bridgehead atoms. The Morgan fingerprint density at radius 1 is 1.28 bits per heavy atom. The normalized spacial score (nSPS) is 11.9. The van der Waals surface area contributed by atoms with E-state index in [-0.39, 0.29) is 5.82 Å².